The number of aliphatic imine (C=N–C) groups is 1. The Hall–Kier alpha value is -2.85. The summed E-state index contributed by atoms with van der Waals surface area (Å²) in [7, 11) is 3.96. The van der Waals surface area contributed by atoms with Crippen LogP contribution in [-0.2, 0) is 9.53 Å². The van der Waals surface area contributed by atoms with Gasteiger partial charge in [0.1, 0.15) is 0 Å². The summed E-state index contributed by atoms with van der Waals surface area (Å²) < 4.78 is 5.18. The highest BCUT2D eigenvalue weighted by atomic mass is 35.5. The predicted molar refractivity (Wildman–Crippen MR) is 103 cm³/mol. The summed E-state index contributed by atoms with van der Waals surface area (Å²) in [4.78, 5) is 18.2. The van der Waals surface area contributed by atoms with Crippen LogP contribution in [0.3, 0.4) is 0 Å². The molecule has 0 amide bonds. The fraction of sp³-hybridized carbons (Fsp3) is 0.100. The highest BCUT2D eigenvalue weighted by Gasteiger charge is 2.21. The minimum absolute atomic E-state index is 0.274. The molecule has 0 saturated heterocycles. The van der Waals surface area contributed by atoms with E-state index in [0.717, 1.165) is 16.8 Å². The Balaban J connectivity index is 1.76. The van der Waals surface area contributed by atoms with Crippen molar-refractivity contribution in [2.75, 3.05) is 19.0 Å². The van der Waals surface area contributed by atoms with Crippen molar-refractivity contribution in [3.8, 4) is 0 Å². The predicted octanol–water partition coefficient (Wildman–Crippen LogP) is 4.42. The molecular formula is C20H17ClN2O2. The van der Waals surface area contributed by atoms with E-state index >= 15 is 0 Å². The number of hydrogen-bond donors (Lipinski definition) is 0. The Bertz CT molecular complexity index is 864. The smallest absolute Gasteiger partial charge is 0.363 e. The molecule has 0 atom stereocenters. The molecule has 0 aliphatic carbocycles. The van der Waals surface area contributed by atoms with Gasteiger partial charge in [-0.15, -0.1) is 0 Å². The van der Waals surface area contributed by atoms with Gasteiger partial charge in [0.15, 0.2) is 5.70 Å². The number of ether oxygens (including phenoxy) is 1. The zero-order valence-corrected chi connectivity index (χ0v) is 14.7. The zero-order chi connectivity index (χ0) is 17.8. The highest BCUT2D eigenvalue weighted by molar-refractivity contribution is 6.30. The second-order valence-electron chi connectivity index (χ2n) is 5.74. The maximum absolute atomic E-state index is 12.0. The molecule has 1 aliphatic rings. The average molecular weight is 353 g/mol. The molecule has 25 heavy (non-hydrogen) atoms. The minimum Gasteiger partial charge on any atom is -0.403 e. The molecule has 0 bridgehead atoms. The van der Waals surface area contributed by atoms with E-state index in [0.29, 0.717) is 5.02 Å². The van der Waals surface area contributed by atoms with E-state index in [4.69, 9.17) is 16.3 Å². The van der Waals surface area contributed by atoms with Gasteiger partial charge in [0.25, 0.3) is 0 Å². The number of anilines is 1. The van der Waals surface area contributed by atoms with Crippen LogP contribution in [0.15, 0.2) is 65.3 Å². The summed E-state index contributed by atoms with van der Waals surface area (Å²) >= 11 is 5.85. The molecule has 4 nitrogen and oxygen atoms in total. The van der Waals surface area contributed by atoms with Gasteiger partial charge < -0.3 is 9.64 Å². The van der Waals surface area contributed by atoms with Crippen molar-refractivity contribution in [1.82, 2.24) is 0 Å². The quantitative estimate of drug-likeness (QED) is 0.604. The number of hydrogen-bond acceptors (Lipinski definition) is 4. The first-order valence-electron chi connectivity index (χ1n) is 7.75. The summed E-state index contributed by atoms with van der Waals surface area (Å²) in [5.41, 5.74) is 3.21. The molecule has 2 aromatic rings. The minimum atomic E-state index is -0.451. The van der Waals surface area contributed by atoms with Crippen molar-refractivity contribution in [2.45, 2.75) is 0 Å². The fourth-order valence-electron chi connectivity index (χ4n) is 2.26. The summed E-state index contributed by atoms with van der Waals surface area (Å²) in [6.07, 6.45) is 5.19. The number of nitrogens with zero attached hydrogens (tertiary/aromatic N) is 2. The summed E-state index contributed by atoms with van der Waals surface area (Å²) in [5, 5.41) is 0.673. The van der Waals surface area contributed by atoms with Crippen molar-refractivity contribution < 1.29 is 9.53 Å². The van der Waals surface area contributed by atoms with Crippen molar-refractivity contribution in [3.63, 3.8) is 0 Å². The SMILES string of the molecule is CN(C)c1ccc(C=C2N=C(C=Cc3ccc(Cl)cc3)OC2=O)cc1. The Morgan fingerprint density at radius 2 is 1.60 bits per heavy atom. The second kappa shape index (κ2) is 7.36. The monoisotopic (exact) mass is 352 g/mol. The molecule has 0 radical (unpaired) electrons. The molecule has 126 valence electrons. The number of benzene rings is 2. The Labute approximate surface area is 151 Å². The van der Waals surface area contributed by atoms with Crippen LogP contribution in [0.4, 0.5) is 5.69 Å². The van der Waals surface area contributed by atoms with Gasteiger partial charge in [0.2, 0.25) is 5.90 Å². The standard InChI is InChI=1S/C20H17ClN2O2/c1-23(2)17-10-5-15(6-11-17)13-18-20(24)25-19(22-18)12-7-14-3-8-16(21)9-4-14/h3-13H,1-2H3. The highest BCUT2D eigenvalue weighted by Crippen LogP contribution is 2.19. The van der Waals surface area contributed by atoms with Crippen LogP contribution in [0.5, 0.6) is 0 Å². The van der Waals surface area contributed by atoms with E-state index in [1.165, 1.54) is 0 Å². The van der Waals surface area contributed by atoms with Crippen LogP contribution in [0.2, 0.25) is 5.02 Å². The molecule has 0 saturated carbocycles. The third-order valence-corrected chi connectivity index (χ3v) is 3.89. The second-order valence-corrected chi connectivity index (χ2v) is 6.18. The molecular weight excluding hydrogens is 336 g/mol. The Morgan fingerprint density at radius 1 is 0.960 bits per heavy atom. The Morgan fingerprint density at radius 3 is 2.24 bits per heavy atom. The normalized spacial score (nSPS) is 15.6. The summed E-state index contributed by atoms with van der Waals surface area (Å²) in [5.74, 6) is -0.177. The zero-order valence-electron chi connectivity index (χ0n) is 13.9. The van der Waals surface area contributed by atoms with Crippen LogP contribution >= 0.6 is 11.6 Å². The van der Waals surface area contributed by atoms with Gasteiger partial charge in [-0.1, -0.05) is 35.9 Å². The van der Waals surface area contributed by atoms with Crippen LogP contribution in [0, 0.1) is 0 Å². The third kappa shape index (κ3) is 4.37. The third-order valence-electron chi connectivity index (χ3n) is 3.64. The first-order chi connectivity index (χ1) is 12.0. The largest absolute Gasteiger partial charge is 0.403 e. The van der Waals surface area contributed by atoms with Crippen LogP contribution in [0.1, 0.15) is 11.1 Å². The molecule has 0 N–H and O–H groups in total. The van der Waals surface area contributed by atoms with Gasteiger partial charge in [0, 0.05) is 30.9 Å². The first-order valence-corrected chi connectivity index (χ1v) is 8.13. The lowest BCUT2D eigenvalue weighted by Gasteiger charge is -2.11. The molecule has 2 aromatic carbocycles. The molecule has 1 aliphatic heterocycles. The van der Waals surface area contributed by atoms with Gasteiger partial charge in [0.05, 0.1) is 0 Å². The van der Waals surface area contributed by atoms with Crippen molar-refractivity contribution >= 4 is 41.3 Å². The Kier molecular flexibility index (Phi) is 5.00. The van der Waals surface area contributed by atoms with Gasteiger partial charge in [-0.3, -0.25) is 0 Å². The average Bonchev–Trinajstić information content (AvgIpc) is 2.94. The van der Waals surface area contributed by atoms with Crippen LogP contribution < -0.4 is 4.90 Å². The van der Waals surface area contributed by atoms with Gasteiger partial charge in [-0.2, -0.15) is 0 Å². The van der Waals surface area contributed by atoms with E-state index in [2.05, 4.69) is 4.99 Å². The van der Waals surface area contributed by atoms with Gasteiger partial charge in [-0.05, 0) is 47.5 Å². The first kappa shape index (κ1) is 17.0. The van der Waals surface area contributed by atoms with E-state index < -0.39 is 5.97 Å². The summed E-state index contributed by atoms with van der Waals surface area (Å²) in [6, 6.07) is 15.2. The van der Waals surface area contributed by atoms with Crippen molar-refractivity contribution in [1.29, 1.82) is 0 Å². The molecule has 0 spiro atoms. The van der Waals surface area contributed by atoms with Gasteiger partial charge >= 0.3 is 5.97 Å². The lowest BCUT2D eigenvalue weighted by Crippen LogP contribution is -2.07. The van der Waals surface area contributed by atoms with E-state index in [1.54, 1.807) is 24.3 Å². The van der Waals surface area contributed by atoms with Crippen molar-refractivity contribution in [3.05, 3.63) is 76.5 Å². The fourth-order valence-corrected chi connectivity index (χ4v) is 2.39. The number of rotatable bonds is 4. The molecule has 3 rings (SSSR count). The number of esters is 1. The summed E-state index contributed by atoms with van der Waals surface area (Å²) in [6.45, 7) is 0. The number of cyclic esters (lactones) is 1. The van der Waals surface area contributed by atoms with E-state index in [1.807, 2.05) is 61.5 Å². The lowest BCUT2D eigenvalue weighted by molar-refractivity contribution is -0.129. The number of carbonyl (C=O) groups excluding carboxylic acids is 1. The van der Waals surface area contributed by atoms with Crippen molar-refractivity contribution in [2.24, 2.45) is 4.99 Å². The maximum atomic E-state index is 12.0. The van der Waals surface area contributed by atoms with Crippen LogP contribution in [0.25, 0.3) is 12.2 Å². The molecule has 1 heterocycles. The molecule has 5 heteroatoms. The topological polar surface area (TPSA) is 41.9 Å². The van der Waals surface area contributed by atoms with E-state index in [9.17, 15) is 4.79 Å². The molecule has 0 aromatic heterocycles. The molecule has 0 unspecified atom stereocenters. The van der Waals surface area contributed by atoms with Gasteiger partial charge in [-0.25, -0.2) is 9.79 Å². The maximum Gasteiger partial charge on any atom is 0.363 e. The molecule has 0 fully saturated rings. The van der Waals surface area contributed by atoms with E-state index in [-0.39, 0.29) is 11.6 Å². The van der Waals surface area contributed by atoms with Crippen LogP contribution in [-0.4, -0.2) is 26.0 Å². The number of carbonyl (C=O) groups is 1. The lowest BCUT2D eigenvalue weighted by atomic mass is 10.1. The number of halogens is 1.